The topological polar surface area (TPSA) is 57.6 Å². The van der Waals surface area contributed by atoms with Gasteiger partial charge < -0.3 is 10.0 Å². The molecule has 0 heterocycles. The van der Waals surface area contributed by atoms with E-state index in [0.29, 0.717) is 24.8 Å². The molecule has 17 heavy (non-hydrogen) atoms. The van der Waals surface area contributed by atoms with Crippen LogP contribution in [-0.4, -0.2) is 34.5 Å². The van der Waals surface area contributed by atoms with Gasteiger partial charge in [0.1, 0.15) is 5.41 Å². The number of carbonyl (C=O) groups is 2. The third-order valence-corrected chi connectivity index (χ3v) is 3.76. The minimum absolute atomic E-state index is 0.131. The highest BCUT2D eigenvalue weighted by molar-refractivity contribution is 6.05. The molecule has 0 unspecified atom stereocenters. The van der Waals surface area contributed by atoms with E-state index in [1.165, 1.54) is 0 Å². The highest BCUT2D eigenvalue weighted by Gasteiger charge is 2.59. The van der Waals surface area contributed by atoms with Crippen LogP contribution in [0, 0.1) is 11.3 Å². The summed E-state index contributed by atoms with van der Waals surface area (Å²) in [7, 11) is 0. The van der Waals surface area contributed by atoms with Crippen LogP contribution >= 0.6 is 0 Å². The summed E-state index contributed by atoms with van der Waals surface area (Å²) in [6, 6.07) is 0.318. The molecular weight excluding hydrogens is 218 g/mol. The number of hydrogen-bond acceptors (Lipinski definition) is 2. The lowest BCUT2D eigenvalue weighted by Gasteiger charge is -2.26. The summed E-state index contributed by atoms with van der Waals surface area (Å²) in [6.07, 6.45) is 4.08. The highest BCUT2D eigenvalue weighted by atomic mass is 16.4. The van der Waals surface area contributed by atoms with Crippen molar-refractivity contribution < 1.29 is 14.7 Å². The Morgan fingerprint density at radius 3 is 2.29 bits per heavy atom. The Morgan fingerprint density at radius 1 is 1.35 bits per heavy atom. The number of nitrogens with zero attached hydrogens (tertiary/aromatic N) is 1. The van der Waals surface area contributed by atoms with Gasteiger partial charge in [-0.25, -0.2) is 0 Å². The summed E-state index contributed by atoms with van der Waals surface area (Å²) >= 11 is 0. The highest BCUT2D eigenvalue weighted by Crippen LogP contribution is 2.49. The van der Waals surface area contributed by atoms with Crippen LogP contribution in [0.15, 0.2) is 0 Å². The molecule has 2 saturated carbocycles. The fourth-order valence-electron chi connectivity index (χ4n) is 2.15. The third-order valence-electron chi connectivity index (χ3n) is 3.76. The summed E-state index contributed by atoms with van der Waals surface area (Å²) in [5.74, 6) is -0.519. The molecule has 4 heteroatoms. The first-order chi connectivity index (χ1) is 7.97. The van der Waals surface area contributed by atoms with Gasteiger partial charge in [-0.3, -0.25) is 9.59 Å². The number of carbonyl (C=O) groups excluding carboxylic acids is 1. The molecule has 96 valence electrons. The van der Waals surface area contributed by atoms with Crippen molar-refractivity contribution in [3.63, 3.8) is 0 Å². The second-order valence-corrected chi connectivity index (χ2v) is 5.80. The van der Waals surface area contributed by atoms with Gasteiger partial charge in [-0.05, 0) is 38.0 Å². The van der Waals surface area contributed by atoms with E-state index < -0.39 is 11.4 Å². The predicted octanol–water partition coefficient (Wildman–Crippen LogP) is 1.89. The normalized spacial score (nSPS) is 21.4. The fourth-order valence-corrected chi connectivity index (χ4v) is 2.15. The van der Waals surface area contributed by atoms with Gasteiger partial charge in [-0.2, -0.15) is 0 Å². The predicted molar refractivity (Wildman–Crippen MR) is 63.5 cm³/mol. The van der Waals surface area contributed by atoms with Crippen LogP contribution in [0.4, 0.5) is 0 Å². The Bertz CT molecular complexity index is 330. The van der Waals surface area contributed by atoms with E-state index in [1.54, 1.807) is 0 Å². The van der Waals surface area contributed by atoms with E-state index in [4.69, 9.17) is 5.11 Å². The number of amides is 1. The zero-order valence-corrected chi connectivity index (χ0v) is 10.6. The molecule has 2 rings (SSSR count). The van der Waals surface area contributed by atoms with Gasteiger partial charge in [0, 0.05) is 12.6 Å². The minimum Gasteiger partial charge on any atom is -0.480 e. The van der Waals surface area contributed by atoms with Crippen LogP contribution in [0.3, 0.4) is 0 Å². The number of carboxylic acid groups (broad SMARTS) is 1. The van der Waals surface area contributed by atoms with E-state index >= 15 is 0 Å². The minimum atomic E-state index is -1.06. The Morgan fingerprint density at radius 2 is 1.94 bits per heavy atom. The van der Waals surface area contributed by atoms with E-state index in [1.807, 2.05) is 4.90 Å². The average molecular weight is 239 g/mol. The molecule has 0 aliphatic heterocycles. The van der Waals surface area contributed by atoms with Crippen LogP contribution in [0.2, 0.25) is 0 Å². The molecule has 1 N–H and O–H groups in total. The molecule has 2 fully saturated rings. The average Bonchev–Trinajstić information content (AvgIpc) is 3.11. The zero-order valence-electron chi connectivity index (χ0n) is 10.6. The SMILES string of the molecule is CC(C)CCN(C(=O)C1(C(=O)O)CC1)C1CC1. The summed E-state index contributed by atoms with van der Waals surface area (Å²) in [5.41, 5.74) is -1.06. The van der Waals surface area contributed by atoms with E-state index in [0.717, 1.165) is 25.8 Å². The monoisotopic (exact) mass is 239 g/mol. The van der Waals surface area contributed by atoms with Crippen LogP contribution in [-0.2, 0) is 9.59 Å². The molecule has 0 aromatic carbocycles. The largest absolute Gasteiger partial charge is 0.480 e. The van der Waals surface area contributed by atoms with Crippen molar-refractivity contribution in [2.75, 3.05) is 6.54 Å². The van der Waals surface area contributed by atoms with Gasteiger partial charge in [0.05, 0.1) is 0 Å². The quantitative estimate of drug-likeness (QED) is 0.720. The van der Waals surface area contributed by atoms with Gasteiger partial charge in [-0.15, -0.1) is 0 Å². The molecule has 0 saturated heterocycles. The van der Waals surface area contributed by atoms with Crippen molar-refractivity contribution in [1.82, 2.24) is 4.90 Å². The molecule has 4 nitrogen and oxygen atoms in total. The van der Waals surface area contributed by atoms with Crippen molar-refractivity contribution in [2.45, 2.75) is 52.0 Å². The number of hydrogen-bond donors (Lipinski definition) is 1. The van der Waals surface area contributed by atoms with Crippen LogP contribution in [0.5, 0.6) is 0 Å². The van der Waals surface area contributed by atoms with Crippen molar-refractivity contribution >= 4 is 11.9 Å². The Hall–Kier alpha value is -1.06. The molecule has 2 aliphatic rings. The van der Waals surface area contributed by atoms with Gasteiger partial charge in [0.25, 0.3) is 0 Å². The zero-order chi connectivity index (χ0) is 12.6. The molecule has 0 spiro atoms. The number of rotatable bonds is 6. The first kappa shape index (κ1) is 12.4. The van der Waals surface area contributed by atoms with E-state index in [-0.39, 0.29) is 5.91 Å². The summed E-state index contributed by atoms with van der Waals surface area (Å²) in [6.45, 7) is 4.97. The first-order valence-electron chi connectivity index (χ1n) is 6.52. The maximum Gasteiger partial charge on any atom is 0.319 e. The van der Waals surface area contributed by atoms with E-state index in [2.05, 4.69) is 13.8 Å². The van der Waals surface area contributed by atoms with Gasteiger partial charge in [0.2, 0.25) is 5.91 Å². The standard InChI is InChI=1S/C13H21NO3/c1-9(2)5-8-14(10-3-4-10)11(15)13(6-7-13)12(16)17/h9-10H,3-8H2,1-2H3,(H,16,17). The van der Waals surface area contributed by atoms with Gasteiger partial charge in [-0.1, -0.05) is 13.8 Å². The molecule has 0 aromatic rings. The Kier molecular flexibility index (Phi) is 3.15. The van der Waals surface area contributed by atoms with Crippen molar-refractivity contribution in [3.05, 3.63) is 0 Å². The van der Waals surface area contributed by atoms with Crippen LogP contribution in [0.1, 0.15) is 46.0 Å². The first-order valence-corrected chi connectivity index (χ1v) is 6.52. The van der Waals surface area contributed by atoms with Crippen molar-refractivity contribution in [1.29, 1.82) is 0 Å². The second kappa shape index (κ2) is 4.31. The van der Waals surface area contributed by atoms with Crippen molar-refractivity contribution in [3.8, 4) is 0 Å². The molecule has 2 aliphatic carbocycles. The lowest BCUT2D eigenvalue weighted by Crippen LogP contribution is -2.43. The van der Waals surface area contributed by atoms with Crippen molar-refractivity contribution in [2.24, 2.45) is 11.3 Å². The third kappa shape index (κ3) is 2.45. The van der Waals surface area contributed by atoms with E-state index in [9.17, 15) is 9.59 Å². The van der Waals surface area contributed by atoms with Gasteiger partial charge >= 0.3 is 5.97 Å². The second-order valence-electron chi connectivity index (χ2n) is 5.80. The molecule has 0 bridgehead atoms. The molecule has 0 radical (unpaired) electrons. The molecule has 1 amide bonds. The molecule has 0 atom stereocenters. The lowest BCUT2D eigenvalue weighted by atomic mass is 10.0. The maximum atomic E-state index is 12.3. The smallest absolute Gasteiger partial charge is 0.319 e. The van der Waals surface area contributed by atoms with Crippen LogP contribution < -0.4 is 0 Å². The number of aliphatic carboxylic acids is 1. The Balaban J connectivity index is 2.01. The van der Waals surface area contributed by atoms with Gasteiger partial charge in [0.15, 0.2) is 0 Å². The lowest BCUT2D eigenvalue weighted by molar-refractivity contribution is -0.153. The maximum absolute atomic E-state index is 12.3. The molecule has 0 aromatic heterocycles. The van der Waals surface area contributed by atoms with Crippen LogP contribution in [0.25, 0.3) is 0 Å². The molecular formula is C13H21NO3. The summed E-state index contributed by atoms with van der Waals surface area (Å²) in [4.78, 5) is 25.3. The Labute approximate surface area is 102 Å². The fraction of sp³-hybridized carbons (Fsp3) is 0.846. The summed E-state index contributed by atoms with van der Waals surface area (Å²) < 4.78 is 0. The summed E-state index contributed by atoms with van der Waals surface area (Å²) in [5, 5.41) is 9.16. The number of carboxylic acids is 1.